The van der Waals surface area contributed by atoms with Crippen LogP contribution in [0.2, 0.25) is 0 Å². The van der Waals surface area contributed by atoms with E-state index in [0.29, 0.717) is 18.1 Å². The zero-order chi connectivity index (χ0) is 19.4. The summed E-state index contributed by atoms with van der Waals surface area (Å²) in [6.07, 6.45) is 10.1. The average Bonchev–Trinajstić information content (AvgIpc) is 3.18. The van der Waals surface area contributed by atoms with Gasteiger partial charge in [0, 0.05) is 31.3 Å². The van der Waals surface area contributed by atoms with Crippen molar-refractivity contribution in [2.24, 2.45) is 0 Å². The van der Waals surface area contributed by atoms with E-state index in [1.807, 2.05) is 0 Å². The summed E-state index contributed by atoms with van der Waals surface area (Å²) in [6, 6.07) is 12.8. The minimum absolute atomic E-state index is 0.228. The molecule has 4 nitrogen and oxygen atoms in total. The maximum atomic E-state index is 6.13. The first-order chi connectivity index (χ1) is 13.6. The standard InChI is InChI=1S/C24H39N3O/c1-26-16-11-22(12-17-26)27(2)19-23(20-7-4-3-5-8-20)25-21-9-14-24(15-10-21)13-6-18-28-24/h3-5,7-8,21-23,25H,6,9-19H2,1-2H3. The summed E-state index contributed by atoms with van der Waals surface area (Å²) in [7, 11) is 4.57. The van der Waals surface area contributed by atoms with E-state index in [2.05, 4.69) is 59.5 Å². The normalized spacial score (nSPS) is 30.9. The van der Waals surface area contributed by atoms with E-state index >= 15 is 0 Å². The largest absolute Gasteiger partial charge is 0.375 e. The Kier molecular flexibility index (Phi) is 6.72. The molecule has 1 aliphatic carbocycles. The number of piperidine rings is 1. The lowest BCUT2D eigenvalue weighted by Crippen LogP contribution is -2.47. The van der Waals surface area contributed by atoms with Gasteiger partial charge >= 0.3 is 0 Å². The van der Waals surface area contributed by atoms with Gasteiger partial charge in [-0.2, -0.15) is 0 Å². The maximum Gasteiger partial charge on any atom is 0.0684 e. The SMILES string of the molecule is CN1CCC(N(C)CC(NC2CCC3(CCCO3)CC2)c2ccccc2)CC1. The summed E-state index contributed by atoms with van der Waals surface area (Å²) in [6.45, 7) is 4.52. The molecule has 1 atom stereocenters. The second-order valence-corrected chi connectivity index (χ2v) is 9.51. The van der Waals surface area contributed by atoms with Crippen molar-refractivity contribution in [1.29, 1.82) is 0 Å². The predicted octanol–water partition coefficient (Wildman–Crippen LogP) is 3.84. The van der Waals surface area contributed by atoms with Crippen molar-refractivity contribution in [1.82, 2.24) is 15.1 Å². The molecule has 0 bridgehead atoms. The Bertz CT molecular complexity index is 583. The van der Waals surface area contributed by atoms with Crippen LogP contribution in [0.15, 0.2) is 30.3 Å². The van der Waals surface area contributed by atoms with Gasteiger partial charge in [0.2, 0.25) is 0 Å². The summed E-state index contributed by atoms with van der Waals surface area (Å²) in [4.78, 5) is 5.07. The van der Waals surface area contributed by atoms with Crippen LogP contribution in [-0.4, -0.2) is 67.8 Å². The summed E-state index contributed by atoms with van der Waals surface area (Å²) in [5.74, 6) is 0. The smallest absolute Gasteiger partial charge is 0.0684 e. The van der Waals surface area contributed by atoms with E-state index in [9.17, 15) is 0 Å². The van der Waals surface area contributed by atoms with Crippen LogP contribution < -0.4 is 5.32 Å². The summed E-state index contributed by atoms with van der Waals surface area (Å²) < 4.78 is 6.13. The van der Waals surface area contributed by atoms with Crippen molar-refractivity contribution in [3.8, 4) is 0 Å². The number of ether oxygens (including phenoxy) is 1. The van der Waals surface area contributed by atoms with Crippen LogP contribution in [0.25, 0.3) is 0 Å². The second-order valence-electron chi connectivity index (χ2n) is 9.51. The lowest BCUT2D eigenvalue weighted by atomic mass is 9.80. The molecule has 0 amide bonds. The molecule has 1 N–H and O–H groups in total. The number of nitrogens with one attached hydrogen (secondary N) is 1. The number of hydrogen-bond donors (Lipinski definition) is 1. The molecule has 0 radical (unpaired) electrons. The number of nitrogens with zero attached hydrogens (tertiary/aromatic N) is 2. The zero-order valence-electron chi connectivity index (χ0n) is 17.9. The highest BCUT2D eigenvalue weighted by molar-refractivity contribution is 5.19. The van der Waals surface area contributed by atoms with Crippen LogP contribution in [0, 0.1) is 0 Å². The highest BCUT2D eigenvalue weighted by Gasteiger charge is 2.39. The lowest BCUT2D eigenvalue weighted by Gasteiger charge is -2.40. The fourth-order valence-corrected chi connectivity index (χ4v) is 5.56. The first-order valence-electron chi connectivity index (χ1n) is 11.5. The van der Waals surface area contributed by atoms with Crippen molar-refractivity contribution in [3.63, 3.8) is 0 Å². The Morgan fingerprint density at radius 3 is 2.46 bits per heavy atom. The monoisotopic (exact) mass is 385 g/mol. The van der Waals surface area contributed by atoms with Gasteiger partial charge in [0.15, 0.2) is 0 Å². The predicted molar refractivity (Wildman–Crippen MR) is 116 cm³/mol. The van der Waals surface area contributed by atoms with Gasteiger partial charge in [-0.15, -0.1) is 0 Å². The van der Waals surface area contributed by atoms with Gasteiger partial charge in [-0.25, -0.2) is 0 Å². The number of likely N-dealkylation sites (N-methyl/N-ethyl adjacent to an activating group) is 1. The molecule has 1 saturated carbocycles. The highest BCUT2D eigenvalue weighted by atomic mass is 16.5. The zero-order valence-corrected chi connectivity index (χ0v) is 17.9. The molecule has 4 heteroatoms. The molecule has 2 saturated heterocycles. The third kappa shape index (κ3) is 4.96. The van der Waals surface area contributed by atoms with Gasteiger partial charge in [-0.1, -0.05) is 30.3 Å². The summed E-state index contributed by atoms with van der Waals surface area (Å²) in [5.41, 5.74) is 1.66. The third-order valence-corrected chi connectivity index (χ3v) is 7.50. The Labute approximate surface area is 171 Å². The molecule has 2 heterocycles. The molecule has 156 valence electrons. The Balaban J connectivity index is 1.37. The van der Waals surface area contributed by atoms with Gasteiger partial charge in [-0.3, -0.25) is 0 Å². The van der Waals surface area contributed by atoms with E-state index in [1.165, 1.54) is 70.0 Å². The topological polar surface area (TPSA) is 27.7 Å². The van der Waals surface area contributed by atoms with Crippen LogP contribution in [0.3, 0.4) is 0 Å². The second kappa shape index (κ2) is 9.25. The molecule has 0 aromatic heterocycles. The average molecular weight is 386 g/mol. The van der Waals surface area contributed by atoms with Crippen molar-refractivity contribution in [2.75, 3.05) is 40.3 Å². The van der Waals surface area contributed by atoms with Crippen molar-refractivity contribution in [2.45, 2.75) is 75.1 Å². The molecule has 3 fully saturated rings. The molecular weight excluding hydrogens is 346 g/mol. The number of benzene rings is 1. The van der Waals surface area contributed by atoms with Crippen LogP contribution in [0.4, 0.5) is 0 Å². The van der Waals surface area contributed by atoms with Crippen molar-refractivity contribution >= 4 is 0 Å². The summed E-state index contributed by atoms with van der Waals surface area (Å²) in [5, 5.41) is 4.05. The third-order valence-electron chi connectivity index (χ3n) is 7.50. The maximum absolute atomic E-state index is 6.13. The first kappa shape index (κ1) is 20.3. The van der Waals surface area contributed by atoms with E-state index in [4.69, 9.17) is 4.74 Å². The Hall–Kier alpha value is -0.940. The number of hydrogen-bond acceptors (Lipinski definition) is 4. The van der Waals surface area contributed by atoms with Crippen molar-refractivity contribution in [3.05, 3.63) is 35.9 Å². The van der Waals surface area contributed by atoms with E-state index in [-0.39, 0.29) is 5.60 Å². The molecule has 2 aliphatic heterocycles. The minimum atomic E-state index is 0.228. The lowest BCUT2D eigenvalue weighted by molar-refractivity contribution is -0.0312. The quantitative estimate of drug-likeness (QED) is 0.805. The van der Waals surface area contributed by atoms with Crippen LogP contribution >= 0.6 is 0 Å². The number of likely N-dealkylation sites (tertiary alicyclic amines) is 1. The van der Waals surface area contributed by atoms with Crippen LogP contribution in [0.5, 0.6) is 0 Å². The van der Waals surface area contributed by atoms with E-state index in [1.54, 1.807) is 0 Å². The molecule has 1 unspecified atom stereocenters. The molecule has 1 aromatic carbocycles. The van der Waals surface area contributed by atoms with Gasteiger partial charge < -0.3 is 19.9 Å². The van der Waals surface area contributed by atoms with E-state index < -0.39 is 0 Å². The molecule has 3 aliphatic rings. The summed E-state index contributed by atoms with van der Waals surface area (Å²) >= 11 is 0. The molecule has 1 aromatic rings. The molecule has 28 heavy (non-hydrogen) atoms. The molecule has 4 rings (SSSR count). The molecular formula is C24H39N3O. The first-order valence-corrected chi connectivity index (χ1v) is 11.5. The van der Waals surface area contributed by atoms with Gasteiger partial charge in [0.25, 0.3) is 0 Å². The highest BCUT2D eigenvalue weighted by Crippen LogP contribution is 2.39. The molecule has 1 spiro atoms. The van der Waals surface area contributed by atoms with Gasteiger partial charge in [0.05, 0.1) is 5.60 Å². The van der Waals surface area contributed by atoms with Gasteiger partial charge in [-0.05, 0) is 84.1 Å². The fourth-order valence-electron chi connectivity index (χ4n) is 5.56. The Morgan fingerprint density at radius 2 is 1.82 bits per heavy atom. The fraction of sp³-hybridized carbons (Fsp3) is 0.750. The minimum Gasteiger partial charge on any atom is -0.375 e. The van der Waals surface area contributed by atoms with Crippen molar-refractivity contribution < 1.29 is 4.74 Å². The van der Waals surface area contributed by atoms with E-state index in [0.717, 1.165) is 13.2 Å². The van der Waals surface area contributed by atoms with Crippen LogP contribution in [0.1, 0.15) is 63.0 Å². The Morgan fingerprint density at radius 1 is 1.11 bits per heavy atom. The van der Waals surface area contributed by atoms with Crippen LogP contribution in [-0.2, 0) is 4.74 Å². The number of rotatable bonds is 6. The van der Waals surface area contributed by atoms with Gasteiger partial charge in [0.1, 0.15) is 0 Å².